The van der Waals surface area contributed by atoms with Crippen LogP contribution in [0.15, 0.2) is 36.4 Å². The lowest BCUT2D eigenvalue weighted by atomic mass is 9.91. The van der Waals surface area contributed by atoms with Gasteiger partial charge in [-0.2, -0.15) is 0 Å². The Hall–Kier alpha value is 0.700. The Morgan fingerprint density at radius 1 is 0.889 bits per heavy atom. The first-order valence-corrected chi connectivity index (χ1v) is 7.48. The van der Waals surface area contributed by atoms with Crippen LogP contribution >= 0.6 is 69.6 Å². The minimum atomic E-state index is -1.43. The van der Waals surface area contributed by atoms with Gasteiger partial charge in [-0.15, -0.1) is 23.2 Å². The van der Waals surface area contributed by atoms with Crippen molar-refractivity contribution in [2.45, 2.75) is 19.4 Å². The Bertz CT molecular complexity index is 465. The van der Waals surface area contributed by atoms with E-state index < -0.39 is 19.4 Å². The van der Waals surface area contributed by atoms with Crippen molar-refractivity contribution in [1.29, 1.82) is 0 Å². The Morgan fingerprint density at radius 3 is 2.00 bits per heavy atom. The van der Waals surface area contributed by atoms with E-state index in [4.69, 9.17) is 69.6 Å². The smallest absolute Gasteiger partial charge is 0.116 e. The number of hydrogen-bond acceptors (Lipinski definition) is 0. The molecule has 98 valence electrons. The van der Waals surface area contributed by atoms with Crippen molar-refractivity contribution in [1.82, 2.24) is 0 Å². The highest BCUT2D eigenvalue weighted by atomic mass is 35.5. The third-order valence-corrected chi connectivity index (χ3v) is 6.34. The molecule has 0 saturated heterocycles. The maximum Gasteiger partial charge on any atom is 0.162 e. The quantitative estimate of drug-likeness (QED) is 0.565. The monoisotopic (exact) mass is 362 g/mol. The maximum absolute atomic E-state index is 6.31. The summed E-state index contributed by atoms with van der Waals surface area (Å²) in [6, 6.07) is 9.37. The fourth-order valence-electron chi connectivity index (χ4n) is 1.79. The molecule has 0 bridgehead atoms. The number of halogens is 6. The van der Waals surface area contributed by atoms with Gasteiger partial charge in [0, 0.05) is 0 Å². The normalized spacial score (nSPS) is 29.8. The molecule has 0 fully saturated rings. The third-order valence-electron chi connectivity index (χ3n) is 2.78. The molecule has 0 heterocycles. The van der Waals surface area contributed by atoms with Crippen LogP contribution in [0.2, 0.25) is 0 Å². The second-order valence-electron chi connectivity index (χ2n) is 4.01. The van der Waals surface area contributed by atoms with Gasteiger partial charge in [0.25, 0.3) is 0 Å². The average Bonchev–Trinajstić information content (AvgIpc) is 2.33. The molecule has 0 spiro atoms. The van der Waals surface area contributed by atoms with E-state index in [2.05, 4.69) is 0 Å². The van der Waals surface area contributed by atoms with Crippen LogP contribution in [0.25, 0.3) is 5.57 Å². The van der Waals surface area contributed by atoms with Crippen LogP contribution in [-0.2, 0) is 0 Å². The highest BCUT2D eigenvalue weighted by Gasteiger charge is 2.56. The van der Waals surface area contributed by atoms with Gasteiger partial charge in [-0.05, 0) is 11.1 Å². The van der Waals surface area contributed by atoms with Crippen LogP contribution in [0, 0.1) is 0 Å². The summed E-state index contributed by atoms with van der Waals surface area (Å²) < 4.78 is -2.83. The van der Waals surface area contributed by atoms with E-state index in [1.807, 2.05) is 30.3 Å². The van der Waals surface area contributed by atoms with E-state index in [1.54, 1.807) is 6.08 Å². The van der Waals surface area contributed by atoms with Crippen molar-refractivity contribution in [3.8, 4) is 0 Å². The molecule has 0 aliphatic heterocycles. The molecule has 0 saturated carbocycles. The molecular weight excluding hydrogens is 357 g/mol. The SMILES string of the molecule is ClC1C=C(c2ccccc2)C(Cl)(Cl)C(Cl)C1(Cl)Cl. The van der Waals surface area contributed by atoms with Crippen LogP contribution in [0.1, 0.15) is 5.56 Å². The first-order valence-electron chi connectivity index (χ1n) is 5.09. The van der Waals surface area contributed by atoms with Gasteiger partial charge in [0.05, 0.1) is 5.38 Å². The lowest BCUT2D eigenvalue weighted by molar-refractivity contribution is 0.683. The van der Waals surface area contributed by atoms with Crippen LogP contribution < -0.4 is 0 Å². The van der Waals surface area contributed by atoms with Crippen LogP contribution in [0.4, 0.5) is 0 Å². The first kappa shape index (κ1) is 15.1. The highest BCUT2D eigenvalue weighted by Crippen LogP contribution is 2.55. The molecule has 0 nitrogen and oxygen atoms in total. The van der Waals surface area contributed by atoms with Crippen molar-refractivity contribution >= 4 is 75.2 Å². The fourth-order valence-corrected chi connectivity index (χ4v) is 3.73. The molecule has 0 N–H and O–H groups in total. The van der Waals surface area contributed by atoms with Crippen molar-refractivity contribution < 1.29 is 0 Å². The minimum Gasteiger partial charge on any atom is -0.116 e. The molecule has 2 rings (SSSR count). The van der Waals surface area contributed by atoms with Gasteiger partial charge in [0.2, 0.25) is 0 Å². The zero-order valence-corrected chi connectivity index (χ0v) is 13.4. The van der Waals surface area contributed by atoms with Gasteiger partial charge in [-0.1, -0.05) is 82.8 Å². The van der Waals surface area contributed by atoms with Gasteiger partial charge in [-0.25, -0.2) is 0 Å². The van der Waals surface area contributed by atoms with Crippen LogP contribution in [0.5, 0.6) is 0 Å². The van der Waals surface area contributed by atoms with E-state index in [-0.39, 0.29) is 0 Å². The summed E-state index contributed by atoms with van der Waals surface area (Å²) in [4.78, 5) is 0. The summed E-state index contributed by atoms with van der Waals surface area (Å²) in [5.41, 5.74) is 1.45. The van der Waals surface area contributed by atoms with Crippen molar-refractivity contribution in [3.63, 3.8) is 0 Å². The molecule has 1 aliphatic rings. The Balaban J connectivity index is 2.54. The third kappa shape index (κ3) is 2.49. The zero-order valence-electron chi connectivity index (χ0n) is 8.89. The molecule has 0 radical (unpaired) electrons. The zero-order chi connectivity index (χ0) is 13.6. The lowest BCUT2D eigenvalue weighted by Gasteiger charge is -2.41. The molecule has 0 amide bonds. The second kappa shape index (κ2) is 5.24. The molecular formula is C12H8Cl6. The Morgan fingerprint density at radius 2 is 1.44 bits per heavy atom. The van der Waals surface area contributed by atoms with E-state index in [0.717, 1.165) is 5.56 Å². The van der Waals surface area contributed by atoms with Crippen LogP contribution in [0.3, 0.4) is 0 Å². The van der Waals surface area contributed by atoms with Gasteiger partial charge in [0.1, 0.15) is 5.38 Å². The second-order valence-corrected chi connectivity index (χ2v) is 7.74. The molecule has 0 aromatic heterocycles. The van der Waals surface area contributed by atoms with Gasteiger partial charge in [0.15, 0.2) is 8.67 Å². The minimum absolute atomic E-state index is 0.614. The summed E-state index contributed by atoms with van der Waals surface area (Å²) in [5.74, 6) is 0. The molecule has 2 unspecified atom stereocenters. The number of hydrogen-bond donors (Lipinski definition) is 0. The van der Waals surface area contributed by atoms with Gasteiger partial charge >= 0.3 is 0 Å². The van der Waals surface area contributed by atoms with E-state index in [0.29, 0.717) is 5.57 Å². The van der Waals surface area contributed by atoms with E-state index in [1.165, 1.54) is 0 Å². The largest absolute Gasteiger partial charge is 0.162 e. The number of rotatable bonds is 1. The fraction of sp³-hybridized carbons (Fsp3) is 0.333. The van der Waals surface area contributed by atoms with Crippen molar-refractivity contribution in [2.75, 3.05) is 0 Å². The lowest BCUT2D eigenvalue weighted by Crippen LogP contribution is -2.49. The van der Waals surface area contributed by atoms with E-state index >= 15 is 0 Å². The van der Waals surface area contributed by atoms with Crippen molar-refractivity contribution in [3.05, 3.63) is 42.0 Å². The predicted octanol–water partition coefficient (Wildman–Crippen LogP) is 5.65. The summed E-state index contributed by atoms with van der Waals surface area (Å²) in [6.45, 7) is 0. The topological polar surface area (TPSA) is 0 Å². The maximum atomic E-state index is 6.31. The first-order chi connectivity index (χ1) is 8.28. The summed E-state index contributed by atoms with van der Waals surface area (Å²) in [5, 5.41) is -1.61. The van der Waals surface area contributed by atoms with Crippen molar-refractivity contribution in [2.24, 2.45) is 0 Å². The molecule has 1 aliphatic carbocycles. The van der Waals surface area contributed by atoms with Crippen LogP contribution in [-0.4, -0.2) is 19.4 Å². The molecule has 6 heteroatoms. The molecule has 1 aromatic carbocycles. The number of allylic oxidation sites excluding steroid dienone is 2. The highest BCUT2D eigenvalue weighted by molar-refractivity contribution is 6.64. The van der Waals surface area contributed by atoms with Gasteiger partial charge < -0.3 is 0 Å². The number of alkyl halides is 6. The molecule has 18 heavy (non-hydrogen) atoms. The summed E-state index contributed by atoms with van der Waals surface area (Å²) in [7, 11) is 0. The van der Waals surface area contributed by atoms with E-state index in [9.17, 15) is 0 Å². The standard InChI is InChI=1S/C12H8Cl6/c13-9-6-8(7-4-2-1-3-5-7)11(15,16)10(14)12(9,17)18/h1-6,9-10H. The Kier molecular flexibility index (Phi) is 4.39. The molecule has 2 atom stereocenters. The summed E-state index contributed by atoms with van der Waals surface area (Å²) >= 11 is 37.1. The average molecular weight is 365 g/mol. The predicted molar refractivity (Wildman–Crippen MR) is 82.6 cm³/mol. The summed E-state index contributed by atoms with van der Waals surface area (Å²) in [6.07, 6.45) is 1.65. The van der Waals surface area contributed by atoms with Gasteiger partial charge in [-0.3, -0.25) is 0 Å². The number of benzene rings is 1. The molecule has 1 aromatic rings. The Labute approximate surface area is 136 Å².